The molecule has 0 atom stereocenters. The van der Waals surface area contributed by atoms with E-state index in [-0.39, 0.29) is 0 Å². The van der Waals surface area contributed by atoms with E-state index in [1.54, 1.807) is 0 Å². The lowest BCUT2D eigenvalue weighted by Crippen LogP contribution is -2.15. The Kier molecular flexibility index (Phi) is 4.75. The van der Waals surface area contributed by atoms with Crippen molar-refractivity contribution in [3.8, 4) is 5.75 Å². The second-order valence-electron chi connectivity index (χ2n) is 4.75. The van der Waals surface area contributed by atoms with E-state index in [0.29, 0.717) is 17.4 Å². The smallest absolute Gasteiger partial charge is 0.141 e. The molecular formula is C16H19N3OS. The number of nitrogens with two attached hydrogens (primary N) is 1. The molecule has 0 aliphatic heterocycles. The first-order valence-corrected chi connectivity index (χ1v) is 7.20. The number of nitrogens with zero attached hydrogens (tertiary/aromatic N) is 1. The van der Waals surface area contributed by atoms with E-state index < -0.39 is 0 Å². The topological polar surface area (TPSA) is 60.2 Å². The Hall–Kier alpha value is -2.14. The molecule has 1 aromatic heterocycles. The molecule has 0 aliphatic carbocycles. The van der Waals surface area contributed by atoms with Crippen LogP contribution >= 0.6 is 12.2 Å². The zero-order valence-electron chi connectivity index (χ0n) is 12.4. The molecule has 0 aliphatic rings. The molecule has 4 nitrogen and oxygen atoms in total. The summed E-state index contributed by atoms with van der Waals surface area (Å²) in [4.78, 5) is 4.84. The molecular weight excluding hydrogens is 282 g/mol. The molecule has 2 rings (SSSR count). The molecule has 0 saturated carbocycles. The first-order chi connectivity index (χ1) is 10.0. The molecule has 21 heavy (non-hydrogen) atoms. The quantitative estimate of drug-likeness (QED) is 0.828. The molecule has 110 valence electrons. The maximum absolute atomic E-state index is 5.81. The van der Waals surface area contributed by atoms with Crippen LogP contribution in [0.4, 0.5) is 11.5 Å². The summed E-state index contributed by atoms with van der Waals surface area (Å²) in [6.07, 6.45) is 0. The van der Waals surface area contributed by atoms with E-state index in [1.165, 1.54) is 0 Å². The average Bonchev–Trinajstić information content (AvgIpc) is 2.40. The Morgan fingerprint density at radius 1 is 1.29 bits per heavy atom. The van der Waals surface area contributed by atoms with Crippen molar-refractivity contribution in [1.82, 2.24) is 4.98 Å². The fourth-order valence-corrected chi connectivity index (χ4v) is 2.43. The number of hydrogen-bond acceptors (Lipinski definition) is 4. The van der Waals surface area contributed by atoms with Crippen LogP contribution in [-0.4, -0.2) is 16.6 Å². The SMILES string of the molecule is CCOc1ccc(Nc2nc(C)cc(C)c2C(N)=S)cc1. The van der Waals surface area contributed by atoms with E-state index in [4.69, 9.17) is 22.7 Å². The number of hydrogen-bond donors (Lipinski definition) is 2. The van der Waals surface area contributed by atoms with Gasteiger partial charge in [0.1, 0.15) is 16.6 Å². The van der Waals surface area contributed by atoms with Gasteiger partial charge in [-0.2, -0.15) is 0 Å². The number of anilines is 2. The fraction of sp³-hybridized carbons (Fsp3) is 0.250. The van der Waals surface area contributed by atoms with Crippen molar-refractivity contribution in [2.24, 2.45) is 5.73 Å². The minimum absolute atomic E-state index is 0.341. The highest BCUT2D eigenvalue weighted by Gasteiger charge is 2.11. The Morgan fingerprint density at radius 3 is 2.52 bits per heavy atom. The second-order valence-corrected chi connectivity index (χ2v) is 5.19. The van der Waals surface area contributed by atoms with Crippen LogP contribution in [0.1, 0.15) is 23.7 Å². The highest BCUT2D eigenvalue weighted by atomic mass is 32.1. The first kappa shape index (κ1) is 15.3. The van der Waals surface area contributed by atoms with Crippen LogP contribution in [0.15, 0.2) is 30.3 Å². The van der Waals surface area contributed by atoms with Crippen LogP contribution in [0.5, 0.6) is 5.75 Å². The van der Waals surface area contributed by atoms with Gasteiger partial charge in [0.25, 0.3) is 0 Å². The largest absolute Gasteiger partial charge is 0.494 e. The molecule has 2 aromatic rings. The number of benzene rings is 1. The van der Waals surface area contributed by atoms with E-state index >= 15 is 0 Å². The summed E-state index contributed by atoms with van der Waals surface area (Å²) in [5.41, 5.74) is 9.44. The van der Waals surface area contributed by atoms with E-state index in [0.717, 1.165) is 28.3 Å². The summed E-state index contributed by atoms with van der Waals surface area (Å²) in [5, 5.41) is 3.27. The summed E-state index contributed by atoms with van der Waals surface area (Å²) in [6.45, 7) is 6.53. The third-order valence-electron chi connectivity index (χ3n) is 3.02. The maximum atomic E-state index is 5.81. The van der Waals surface area contributed by atoms with Crippen LogP contribution in [0.25, 0.3) is 0 Å². The molecule has 0 spiro atoms. The number of aryl methyl sites for hydroxylation is 2. The van der Waals surface area contributed by atoms with Gasteiger partial charge in [-0.3, -0.25) is 0 Å². The Labute approximate surface area is 130 Å². The molecule has 0 saturated heterocycles. The summed E-state index contributed by atoms with van der Waals surface area (Å²) >= 11 is 5.13. The zero-order valence-corrected chi connectivity index (χ0v) is 13.3. The van der Waals surface area contributed by atoms with Crippen molar-refractivity contribution in [3.63, 3.8) is 0 Å². The van der Waals surface area contributed by atoms with Gasteiger partial charge in [-0.1, -0.05) is 12.2 Å². The van der Waals surface area contributed by atoms with E-state index in [2.05, 4.69) is 10.3 Å². The summed E-state index contributed by atoms with van der Waals surface area (Å²) < 4.78 is 5.43. The number of thiocarbonyl (C=S) groups is 1. The van der Waals surface area contributed by atoms with E-state index in [1.807, 2.05) is 51.1 Å². The summed E-state index contributed by atoms with van der Waals surface area (Å²) in [5.74, 6) is 1.52. The number of nitrogens with one attached hydrogen (secondary N) is 1. The number of aromatic nitrogens is 1. The van der Waals surface area contributed by atoms with Crippen molar-refractivity contribution >= 4 is 28.7 Å². The Balaban J connectivity index is 2.32. The van der Waals surface area contributed by atoms with Crippen LogP contribution in [0.2, 0.25) is 0 Å². The number of rotatable bonds is 5. The van der Waals surface area contributed by atoms with Crippen molar-refractivity contribution in [3.05, 3.63) is 47.2 Å². The van der Waals surface area contributed by atoms with Gasteiger partial charge in [-0.05, 0) is 56.7 Å². The third kappa shape index (κ3) is 3.70. The summed E-state index contributed by atoms with van der Waals surface area (Å²) in [6, 6.07) is 9.67. The molecule has 0 radical (unpaired) electrons. The summed E-state index contributed by atoms with van der Waals surface area (Å²) in [7, 11) is 0. The molecule has 0 fully saturated rings. The Bertz CT molecular complexity index is 653. The fourth-order valence-electron chi connectivity index (χ4n) is 2.18. The molecule has 1 heterocycles. The maximum Gasteiger partial charge on any atom is 0.141 e. The zero-order chi connectivity index (χ0) is 15.4. The predicted octanol–water partition coefficient (Wildman–Crippen LogP) is 3.47. The van der Waals surface area contributed by atoms with Gasteiger partial charge < -0.3 is 15.8 Å². The third-order valence-corrected chi connectivity index (χ3v) is 3.22. The average molecular weight is 301 g/mol. The lowest BCUT2D eigenvalue weighted by atomic mass is 10.1. The van der Waals surface area contributed by atoms with Gasteiger partial charge in [0.15, 0.2) is 0 Å². The van der Waals surface area contributed by atoms with Gasteiger partial charge in [-0.25, -0.2) is 4.98 Å². The highest BCUT2D eigenvalue weighted by molar-refractivity contribution is 7.80. The van der Waals surface area contributed by atoms with Crippen molar-refractivity contribution in [2.75, 3.05) is 11.9 Å². The van der Waals surface area contributed by atoms with Crippen molar-refractivity contribution < 1.29 is 4.74 Å². The Morgan fingerprint density at radius 2 is 1.95 bits per heavy atom. The van der Waals surface area contributed by atoms with Crippen LogP contribution < -0.4 is 15.8 Å². The molecule has 0 unspecified atom stereocenters. The van der Waals surface area contributed by atoms with Gasteiger partial charge in [0, 0.05) is 11.4 Å². The van der Waals surface area contributed by atoms with Crippen LogP contribution in [-0.2, 0) is 0 Å². The van der Waals surface area contributed by atoms with Gasteiger partial charge in [0.05, 0.1) is 12.2 Å². The highest BCUT2D eigenvalue weighted by Crippen LogP contribution is 2.24. The standard InChI is InChI=1S/C16H19N3OS/c1-4-20-13-7-5-12(6-8-13)19-16-14(15(17)21)10(2)9-11(3)18-16/h5-9H,4H2,1-3H3,(H2,17,21)(H,18,19). The first-order valence-electron chi connectivity index (χ1n) is 6.79. The predicted molar refractivity (Wildman–Crippen MR) is 90.5 cm³/mol. The number of pyridine rings is 1. The lowest BCUT2D eigenvalue weighted by Gasteiger charge is -2.14. The molecule has 3 N–H and O–H groups in total. The monoisotopic (exact) mass is 301 g/mol. The normalized spacial score (nSPS) is 10.2. The molecule has 5 heteroatoms. The minimum atomic E-state index is 0.341. The van der Waals surface area contributed by atoms with Crippen LogP contribution in [0, 0.1) is 13.8 Å². The van der Waals surface area contributed by atoms with E-state index in [9.17, 15) is 0 Å². The van der Waals surface area contributed by atoms with Crippen molar-refractivity contribution in [2.45, 2.75) is 20.8 Å². The molecule has 0 amide bonds. The van der Waals surface area contributed by atoms with Crippen molar-refractivity contribution in [1.29, 1.82) is 0 Å². The second kappa shape index (κ2) is 6.54. The van der Waals surface area contributed by atoms with Gasteiger partial charge >= 0.3 is 0 Å². The minimum Gasteiger partial charge on any atom is -0.494 e. The van der Waals surface area contributed by atoms with Gasteiger partial charge in [-0.15, -0.1) is 0 Å². The molecule has 1 aromatic carbocycles. The lowest BCUT2D eigenvalue weighted by molar-refractivity contribution is 0.340. The van der Waals surface area contributed by atoms with Gasteiger partial charge in [0.2, 0.25) is 0 Å². The number of ether oxygens (including phenoxy) is 1. The molecule has 0 bridgehead atoms. The van der Waals surface area contributed by atoms with Crippen LogP contribution in [0.3, 0.4) is 0 Å².